The molecule has 1 amide bonds. The number of halogens is 1. The van der Waals surface area contributed by atoms with E-state index in [0.29, 0.717) is 10.9 Å². The van der Waals surface area contributed by atoms with Crippen molar-refractivity contribution in [1.82, 2.24) is 5.16 Å². The molecule has 0 saturated heterocycles. The Balaban J connectivity index is 1.92. The van der Waals surface area contributed by atoms with Crippen LogP contribution < -0.4 is 10.6 Å². The average molecular weight is 322 g/mol. The molecule has 2 rings (SSSR count). The Morgan fingerprint density at radius 1 is 1.32 bits per heavy atom. The van der Waals surface area contributed by atoms with E-state index < -0.39 is 0 Å². The van der Waals surface area contributed by atoms with Gasteiger partial charge in [0.15, 0.2) is 0 Å². The maximum Gasteiger partial charge on any atom is 0.246 e. The molecule has 1 heterocycles. The maximum absolute atomic E-state index is 11.9. The van der Waals surface area contributed by atoms with Gasteiger partial charge in [0.2, 0.25) is 11.8 Å². The normalized spacial score (nSPS) is 11.3. The number of hydrogen-bond acceptors (Lipinski definition) is 4. The second-order valence-electron chi connectivity index (χ2n) is 6.19. The summed E-state index contributed by atoms with van der Waals surface area (Å²) in [4.78, 5) is 11.9. The van der Waals surface area contributed by atoms with Gasteiger partial charge in [-0.25, -0.2) is 0 Å². The number of aryl methyl sites for hydroxylation is 1. The molecule has 118 valence electrons. The Kier molecular flexibility index (Phi) is 4.76. The van der Waals surface area contributed by atoms with E-state index in [9.17, 15) is 4.79 Å². The van der Waals surface area contributed by atoms with Crippen molar-refractivity contribution in [2.75, 3.05) is 17.2 Å². The number of hydrogen-bond donors (Lipinski definition) is 2. The van der Waals surface area contributed by atoms with Crippen LogP contribution in [0.2, 0.25) is 5.02 Å². The van der Waals surface area contributed by atoms with Crippen molar-refractivity contribution < 1.29 is 9.32 Å². The Hall–Kier alpha value is -2.01. The first-order valence-corrected chi connectivity index (χ1v) is 7.40. The SMILES string of the molecule is Cc1cc(Cl)ccc1NCC(=O)Nc1cc(C(C)(C)C)no1. The number of nitrogens with zero attached hydrogens (tertiary/aromatic N) is 1. The summed E-state index contributed by atoms with van der Waals surface area (Å²) >= 11 is 5.90. The predicted molar refractivity (Wildman–Crippen MR) is 88.5 cm³/mol. The molecule has 6 heteroatoms. The van der Waals surface area contributed by atoms with Gasteiger partial charge >= 0.3 is 0 Å². The van der Waals surface area contributed by atoms with Gasteiger partial charge in [0.1, 0.15) is 0 Å². The van der Waals surface area contributed by atoms with Gasteiger partial charge in [-0.15, -0.1) is 0 Å². The van der Waals surface area contributed by atoms with Crippen molar-refractivity contribution in [3.63, 3.8) is 0 Å². The Morgan fingerprint density at radius 3 is 2.64 bits per heavy atom. The number of carbonyl (C=O) groups excluding carboxylic acids is 1. The summed E-state index contributed by atoms with van der Waals surface area (Å²) in [6, 6.07) is 7.21. The summed E-state index contributed by atoms with van der Waals surface area (Å²) in [6.45, 7) is 8.15. The summed E-state index contributed by atoms with van der Waals surface area (Å²) in [7, 11) is 0. The third kappa shape index (κ3) is 4.24. The fraction of sp³-hybridized carbons (Fsp3) is 0.375. The van der Waals surface area contributed by atoms with Crippen LogP contribution in [0.25, 0.3) is 0 Å². The number of benzene rings is 1. The van der Waals surface area contributed by atoms with Gasteiger partial charge in [0, 0.05) is 22.2 Å². The lowest BCUT2D eigenvalue weighted by Gasteiger charge is -2.12. The summed E-state index contributed by atoms with van der Waals surface area (Å²) in [5, 5.41) is 10.4. The molecule has 0 unspecified atom stereocenters. The second kappa shape index (κ2) is 6.40. The lowest BCUT2D eigenvalue weighted by atomic mass is 9.92. The number of nitrogens with one attached hydrogen (secondary N) is 2. The minimum absolute atomic E-state index is 0.120. The van der Waals surface area contributed by atoms with Crippen LogP contribution in [-0.2, 0) is 10.2 Å². The average Bonchev–Trinajstić information content (AvgIpc) is 2.86. The molecule has 0 saturated carbocycles. The van der Waals surface area contributed by atoms with Crippen LogP contribution in [0.4, 0.5) is 11.6 Å². The summed E-state index contributed by atoms with van der Waals surface area (Å²) in [6.07, 6.45) is 0. The summed E-state index contributed by atoms with van der Waals surface area (Å²) in [5.41, 5.74) is 2.53. The molecule has 22 heavy (non-hydrogen) atoms. The molecule has 1 aromatic heterocycles. The van der Waals surface area contributed by atoms with E-state index in [-0.39, 0.29) is 17.9 Å². The highest BCUT2D eigenvalue weighted by atomic mass is 35.5. The van der Waals surface area contributed by atoms with Gasteiger partial charge in [-0.2, -0.15) is 0 Å². The van der Waals surface area contributed by atoms with Crippen LogP contribution in [0.3, 0.4) is 0 Å². The van der Waals surface area contributed by atoms with Gasteiger partial charge in [-0.1, -0.05) is 37.5 Å². The number of rotatable bonds is 4. The maximum atomic E-state index is 11.9. The zero-order valence-electron chi connectivity index (χ0n) is 13.2. The standard InChI is InChI=1S/C16H20ClN3O2/c1-10-7-11(17)5-6-12(10)18-9-14(21)19-15-8-13(20-22-15)16(2,3)4/h5-8,18H,9H2,1-4H3,(H,19,21). The molecule has 0 aliphatic heterocycles. The van der Waals surface area contributed by atoms with Gasteiger partial charge < -0.3 is 9.84 Å². The Labute approximate surface area is 135 Å². The first-order chi connectivity index (χ1) is 10.3. The first kappa shape index (κ1) is 16.4. The number of aromatic nitrogens is 1. The Morgan fingerprint density at radius 2 is 2.05 bits per heavy atom. The zero-order chi connectivity index (χ0) is 16.3. The largest absolute Gasteiger partial charge is 0.376 e. The molecular weight excluding hydrogens is 302 g/mol. The number of amides is 1. The van der Waals surface area contributed by atoms with E-state index in [4.69, 9.17) is 16.1 Å². The van der Waals surface area contributed by atoms with Crippen molar-refractivity contribution in [2.45, 2.75) is 33.1 Å². The van der Waals surface area contributed by atoms with E-state index in [0.717, 1.165) is 16.9 Å². The molecule has 2 aromatic rings. The fourth-order valence-electron chi connectivity index (χ4n) is 1.87. The first-order valence-electron chi connectivity index (χ1n) is 7.03. The molecule has 0 fully saturated rings. The molecule has 2 N–H and O–H groups in total. The van der Waals surface area contributed by atoms with Crippen LogP contribution in [-0.4, -0.2) is 17.6 Å². The third-order valence-corrected chi connectivity index (χ3v) is 3.40. The zero-order valence-corrected chi connectivity index (χ0v) is 13.9. The van der Waals surface area contributed by atoms with Crippen LogP contribution in [0.1, 0.15) is 32.0 Å². The van der Waals surface area contributed by atoms with Crippen LogP contribution >= 0.6 is 11.6 Å². The van der Waals surface area contributed by atoms with E-state index >= 15 is 0 Å². The quantitative estimate of drug-likeness (QED) is 0.893. The monoisotopic (exact) mass is 321 g/mol. The minimum Gasteiger partial charge on any atom is -0.376 e. The molecule has 1 aromatic carbocycles. The highest BCUT2D eigenvalue weighted by molar-refractivity contribution is 6.30. The molecule has 0 bridgehead atoms. The van der Waals surface area contributed by atoms with Crippen molar-refractivity contribution in [3.8, 4) is 0 Å². The van der Waals surface area contributed by atoms with E-state index in [1.165, 1.54) is 0 Å². The van der Waals surface area contributed by atoms with Crippen molar-refractivity contribution in [1.29, 1.82) is 0 Å². The summed E-state index contributed by atoms with van der Waals surface area (Å²) in [5.74, 6) is 0.149. The van der Waals surface area contributed by atoms with Crippen molar-refractivity contribution >= 4 is 29.1 Å². The number of carbonyl (C=O) groups is 1. The van der Waals surface area contributed by atoms with Crippen molar-refractivity contribution in [3.05, 3.63) is 40.5 Å². The van der Waals surface area contributed by atoms with E-state index in [2.05, 4.69) is 15.8 Å². The van der Waals surface area contributed by atoms with Gasteiger partial charge in [-0.3, -0.25) is 10.1 Å². The van der Waals surface area contributed by atoms with Gasteiger partial charge in [0.25, 0.3) is 0 Å². The van der Waals surface area contributed by atoms with Gasteiger partial charge in [0.05, 0.1) is 12.2 Å². The smallest absolute Gasteiger partial charge is 0.246 e. The molecule has 0 aliphatic rings. The lowest BCUT2D eigenvalue weighted by Crippen LogP contribution is -2.21. The fourth-order valence-corrected chi connectivity index (χ4v) is 2.10. The second-order valence-corrected chi connectivity index (χ2v) is 6.62. The lowest BCUT2D eigenvalue weighted by molar-refractivity contribution is -0.114. The predicted octanol–water partition coefficient (Wildman–Crippen LogP) is 3.98. The van der Waals surface area contributed by atoms with Crippen LogP contribution in [0, 0.1) is 6.92 Å². The highest BCUT2D eigenvalue weighted by Gasteiger charge is 2.19. The Bertz CT molecular complexity index is 674. The van der Waals surface area contributed by atoms with Gasteiger partial charge in [-0.05, 0) is 30.7 Å². The van der Waals surface area contributed by atoms with E-state index in [1.807, 2.05) is 39.8 Å². The minimum atomic E-state index is -0.203. The third-order valence-electron chi connectivity index (χ3n) is 3.17. The number of anilines is 2. The molecular formula is C16H20ClN3O2. The van der Waals surface area contributed by atoms with Crippen LogP contribution in [0.5, 0.6) is 0 Å². The topological polar surface area (TPSA) is 67.2 Å². The molecule has 0 aliphatic carbocycles. The van der Waals surface area contributed by atoms with Crippen LogP contribution in [0.15, 0.2) is 28.8 Å². The van der Waals surface area contributed by atoms with E-state index in [1.54, 1.807) is 12.1 Å². The summed E-state index contributed by atoms with van der Waals surface area (Å²) < 4.78 is 5.13. The molecule has 0 radical (unpaired) electrons. The molecule has 5 nitrogen and oxygen atoms in total. The highest BCUT2D eigenvalue weighted by Crippen LogP contribution is 2.23. The molecule has 0 spiro atoms. The molecule has 0 atom stereocenters. The van der Waals surface area contributed by atoms with Crippen molar-refractivity contribution in [2.24, 2.45) is 0 Å².